The molecule has 2 rings (SSSR count). The molecule has 0 aliphatic rings. The Morgan fingerprint density at radius 2 is 2.00 bits per heavy atom. The minimum atomic E-state index is -0.473. The van der Waals surface area contributed by atoms with E-state index in [2.05, 4.69) is 15.5 Å². The van der Waals surface area contributed by atoms with Gasteiger partial charge in [0.2, 0.25) is 0 Å². The number of nitrogens with zero attached hydrogens (tertiary/aromatic N) is 1. The van der Waals surface area contributed by atoms with E-state index in [4.69, 9.17) is 4.74 Å². The molecule has 6 heteroatoms. The number of hydrogen-bond acceptors (Lipinski definition) is 4. The first kappa shape index (κ1) is 14.8. The van der Waals surface area contributed by atoms with Crippen LogP contribution in [0.2, 0.25) is 0 Å². The van der Waals surface area contributed by atoms with E-state index in [1.165, 1.54) is 6.07 Å². The molecule has 0 bridgehead atoms. The van der Waals surface area contributed by atoms with E-state index in [0.717, 1.165) is 12.0 Å². The van der Waals surface area contributed by atoms with Crippen LogP contribution in [0.15, 0.2) is 41.2 Å². The van der Waals surface area contributed by atoms with Crippen molar-refractivity contribution in [2.24, 2.45) is 0 Å². The molecule has 0 spiro atoms. The van der Waals surface area contributed by atoms with Gasteiger partial charge < -0.3 is 4.74 Å². The minimum absolute atomic E-state index is 0.116. The van der Waals surface area contributed by atoms with Crippen molar-refractivity contribution < 1.29 is 9.53 Å². The average Bonchev–Trinajstić information content (AvgIpc) is 2.48. The molecule has 1 amide bonds. The molecule has 0 saturated heterocycles. The second kappa shape index (κ2) is 6.69. The Morgan fingerprint density at radius 1 is 1.29 bits per heavy atom. The highest BCUT2D eigenvalue weighted by atomic mass is 16.6. The van der Waals surface area contributed by atoms with E-state index in [9.17, 15) is 9.59 Å². The highest BCUT2D eigenvalue weighted by molar-refractivity contribution is 5.85. The predicted octanol–water partition coefficient (Wildman–Crippen LogP) is 2.78. The first-order chi connectivity index (χ1) is 10.1. The third-order valence-electron chi connectivity index (χ3n) is 2.99. The van der Waals surface area contributed by atoms with Gasteiger partial charge in [0, 0.05) is 17.3 Å². The van der Waals surface area contributed by atoms with Crippen LogP contribution in [0.4, 0.5) is 10.5 Å². The molecule has 2 aromatic rings. The van der Waals surface area contributed by atoms with E-state index in [1.54, 1.807) is 30.3 Å². The summed E-state index contributed by atoms with van der Waals surface area (Å²) in [6.07, 6.45) is 0.179. The fourth-order valence-corrected chi connectivity index (χ4v) is 1.64. The lowest BCUT2D eigenvalue weighted by Gasteiger charge is -2.12. The zero-order chi connectivity index (χ0) is 15.2. The molecule has 1 unspecified atom stereocenters. The number of aromatic nitrogens is 2. The highest BCUT2D eigenvalue weighted by Gasteiger charge is 2.08. The van der Waals surface area contributed by atoms with Gasteiger partial charge in [-0.25, -0.2) is 9.89 Å². The summed E-state index contributed by atoms with van der Waals surface area (Å²) in [4.78, 5) is 22.6. The molecule has 1 heterocycles. The third-order valence-corrected chi connectivity index (χ3v) is 2.99. The third kappa shape index (κ3) is 4.17. The van der Waals surface area contributed by atoms with E-state index in [0.29, 0.717) is 11.4 Å². The molecular formula is C15H17N3O3. The lowest BCUT2D eigenvalue weighted by molar-refractivity contribution is 0.118. The zero-order valence-corrected chi connectivity index (χ0v) is 11.9. The summed E-state index contributed by atoms with van der Waals surface area (Å²) in [5.41, 5.74) is 1.89. The SMILES string of the molecule is CCC(C)OC(=O)Nc1ccc(-c2ccc(=O)[nH]n2)cc1. The number of amides is 1. The molecule has 0 aliphatic heterocycles. The Balaban J connectivity index is 2.03. The number of aromatic amines is 1. The van der Waals surface area contributed by atoms with E-state index in [-0.39, 0.29) is 11.7 Å². The maximum Gasteiger partial charge on any atom is 0.411 e. The second-order valence-electron chi connectivity index (χ2n) is 4.63. The Morgan fingerprint density at radius 3 is 2.57 bits per heavy atom. The summed E-state index contributed by atoms with van der Waals surface area (Å²) in [7, 11) is 0. The van der Waals surface area contributed by atoms with Crippen LogP contribution in [0.25, 0.3) is 11.3 Å². The molecule has 0 aliphatic carbocycles. The van der Waals surface area contributed by atoms with Crippen LogP contribution >= 0.6 is 0 Å². The molecule has 1 atom stereocenters. The smallest absolute Gasteiger partial charge is 0.411 e. The van der Waals surface area contributed by atoms with Crippen LogP contribution in [0.3, 0.4) is 0 Å². The van der Waals surface area contributed by atoms with Gasteiger partial charge in [-0.05, 0) is 31.5 Å². The van der Waals surface area contributed by atoms with Gasteiger partial charge in [-0.3, -0.25) is 10.1 Å². The van der Waals surface area contributed by atoms with Gasteiger partial charge in [-0.1, -0.05) is 19.1 Å². The van der Waals surface area contributed by atoms with Gasteiger partial charge in [0.15, 0.2) is 0 Å². The fourth-order valence-electron chi connectivity index (χ4n) is 1.64. The van der Waals surface area contributed by atoms with E-state index in [1.807, 2.05) is 13.8 Å². The number of ether oxygens (including phenoxy) is 1. The molecule has 6 nitrogen and oxygen atoms in total. The van der Waals surface area contributed by atoms with Crippen molar-refractivity contribution in [1.29, 1.82) is 0 Å². The number of rotatable bonds is 4. The monoisotopic (exact) mass is 287 g/mol. The molecule has 0 fully saturated rings. The number of nitrogens with one attached hydrogen (secondary N) is 2. The average molecular weight is 287 g/mol. The molecule has 1 aromatic carbocycles. The summed E-state index contributed by atoms with van der Waals surface area (Å²) >= 11 is 0. The Hall–Kier alpha value is -2.63. The summed E-state index contributed by atoms with van der Waals surface area (Å²) in [5, 5.41) is 8.97. The fraction of sp³-hybridized carbons (Fsp3) is 0.267. The number of carbonyl (C=O) groups is 1. The maximum atomic E-state index is 11.6. The molecule has 21 heavy (non-hydrogen) atoms. The zero-order valence-electron chi connectivity index (χ0n) is 11.9. The van der Waals surface area contributed by atoms with Crippen molar-refractivity contribution in [2.45, 2.75) is 26.4 Å². The maximum absolute atomic E-state index is 11.6. The normalized spacial score (nSPS) is 11.7. The largest absolute Gasteiger partial charge is 0.446 e. The summed E-state index contributed by atoms with van der Waals surface area (Å²) in [6.45, 7) is 3.79. The lowest BCUT2D eigenvalue weighted by atomic mass is 10.1. The minimum Gasteiger partial charge on any atom is -0.446 e. The van der Waals surface area contributed by atoms with Crippen molar-refractivity contribution in [3.05, 3.63) is 46.8 Å². The van der Waals surface area contributed by atoms with E-state index >= 15 is 0 Å². The van der Waals surface area contributed by atoms with Crippen LogP contribution in [-0.2, 0) is 4.74 Å². The number of H-pyrrole nitrogens is 1. The van der Waals surface area contributed by atoms with Crippen LogP contribution in [0.1, 0.15) is 20.3 Å². The lowest BCUT2D eigenvalue weighted by Crippen LogP contribution is -2.19. The van der Waals surface area contributed by atoms with Gasteiger partial charge in [0.05, 0.1) is 5.69 Å². The topological polar surface area (TPSA) is 84.1 Å². The molecule has 0 saturated carbocycles. The summed E-state index contributed by atoms with van der Waals surface area (Å²) in [6, 6.07) is 10.2. The molecular weight excluding hydrogens is 270 g/mol. The first-order valence-corrected chi connectivity index (χ1v) is 6.72. The first-order valence-electron chi connectivity index (χ1n) is 6.72. The van der Waals surface area contributed by atoms with Crippen LogP contribution in [-0.4, -0.2) is 22.4 Å². The van der Waals surface area contributed by atoms with E-state index < -0.39 is 6.09 Å². The van der Waals surface area contributed by atoms with Gasteiger partial charge in [0.25, 0.3) is 5.56 Å². The Bertz CT molecular complexity index is 644. The molecule has 2 N–H and O–H groups in total. The van der Waals surface area contributed by atoms with Crippen LogP contribution < -0.4 is 10.9 Å². The van der Waals surface area contributed by atoms with Gasteiger partial charge in [0.1, 0.15) is 6.10 Å². The van der Waals surface area contributed by atoms with Crippen molar-refractivity contribution >= 4 is 11.8 Å². The summed E-state index contributed by atoms with van der Waals surface area (Å²) < 4.78 is 5.13. The van der Waals surface area contributed by atoms with Gasteiger partial charge >= 0.3 is 6.09 Å². The predicted molar refractivity (Wildman–Crippen MR) is 80.2 cm³/mol. The number of hydrogen-bond donors (Lipinski definition) is 2. The molecule has 1 aromatic heterocycles. The summed E-state index contributed by atoms with van der Waals surface area (Å²) in [5.74, 6) is 0. The van der Waals surface area contributed by atoms with Crippen molar-refractivity contribution in [3.8, 4) is 11.3 Å². The number of anilines is 1. The highest BCUT2D eigenvalue weighted by Crippen LogP contribution is 2.18. The Labute approximate surface area is 122 Å². The van der Waals surface area contributed by atoms with Gasteiger partial charge in [-0.2, -0.15) is 5.10 Å². The number of benzene rings is 1. The molecule has 110 valence electrons. The quantitative estimate of drug-likeness (QED) is 0.905. The van der Waals surface area contributed by atoms with Crippen molar-refractivity contribution in [1.82, 2.24) is 10.2 Å². The second-order valence-corrected chi connectivity index (χ2v) is 4.63. The van der Waals surface area contributed by atoms with Crippen LogP contribution in [0.5, 0.6) is 0 Å². The van der Waals surface area contributed by atoms with Gasteiger partial charge in [-0.15, -0.1) is 0 Å². The van der Waals surface area contributed by atoms with Crippen molar-refractivity contribution in [2.75, 3.05) is 5.32 Å². The van der Waals surface area contributed by atoms with Crippen LogP contribution in [0, 0.1) is 0 Å². The molecule has 0 radical (unpaired) electrons. The Kier molecular flexibility index (Phi) is 4.71. The standard InChI is InChI=1S/C15H17N3O3/c1-3-10(2)21-15(20)16-12-6-4-11(5-7-12)13-8-9-14(19)18-17-13/h4-10H,3H2,1-2H3,(H,16,20)(H,18,19). The van der Waals surface area contributed by atoms with Crippen molar-refractivity contribution in [3.63, 3.8) is 0 Å². The number of carbonyl (C=O) groups excluding carboxylic acids is 1.